The van der Waals surface area contributed by atoms with Crippen molar-refractivity contribution >= 4 is 17.3 Å². The second-order valence-electron chi connectivity index (χ2n) is 10.7. The molecule has 7 heteroatoms. The molecule has 0 aromatic heterocycles. The normalized spacial score (nSPS) is 23.1. The van der Waals surface area contributed by atoms with E-state index in [-0.39, 0.29) is 30.3 Å². The standard InChI is InChI=1S/C32H37FN2O4/c1-3-38-28-13-14-29(33)30(19-28)34-16-15-31(22(2)20-34)39-27-11-9-25(10-12-27)35-21-24(17-26(35)18-32(36)37)23-7-5-4-6-8-23/h4-14,19,22,24,26,31H,3,15-18,20-21H2,1-2H3,(H,36,37)/t22-,24-,26-,31-/m1/s1. The molecular formula is C32H37FN2O4. The second-order valence-corrected chi connectivity index (χ2v) is 10.7. The lowest BCUT2D eigenvalue weighted by Crippen LogP contribution is -2.44. The summed E-state index contributed by atoms with van der Waals surface area (Å²) in [6.07, 6.45) is 1.75. The highest BCUT2D eigenvalue weighted by Crippen LogP contribution is 2.37. The molecule has 2 aliphatic heterocycles. The van der Waals surface area contributed by atoms with Crippen molar-refractivity contribution in [3.05, 3.63) is 84.2 Å². The van der Waals surface area contributed by atoms with Gasteiger partial charge >= 0.3 is 5.97 Å². The van der Waals surface area contributed by atoms with Crippen molar-refractivity contribution < 1.29 is 23.8 Å². The predicted molar refractivity (Wildman–Crippen MR) is 152 cm³/mol. The van der Waals surface area contributed by atoms with Crippen LogP contribution in [0.4, 0.5) is 15.8 Å². The summed E-state index contributed by atoms with van der Waals surface area (Å²) in [5, 5.41) is 9.51. The summed E-state index contributed by atoms with van der Waals surface area (Å²) in [4.78, 5) is 15.9. The van der Waals surface area contributed by atoms with E-state index in [2.05, 4.69) is 28.9 Å². The average molecular weight is 533 g/mol. The first-order valence-electron chi connectivity index (χ1n) is 13.9. The van der Waals surface area contributed by atoms with Gasteiger partial charge in [0.1, 0.15) is 23.4 Å². The molecule has 0 bridgehead atoms. The van der Waals surface area contributed by atoms with Crippen molar-refractivity contribution in [1.82, 2.24) is 0 Å². The Bertz CT molecular complexity index is 1250. The zero-order chi connectivity index (χ0) is 27.4. The quantitative estimate of drug-likeness (QED) is 0.346. The van der Waals surface area contributed by atoms with Gasteiger partial charge in [0.25, 0.3) is 0 Å². The van der Waals surface area contributed by atoms with Crippen LogP contribution in [0.15, 0.2) is 72.8 Å². The van der Waals surface area contributed by atoms with Gasteiger partial charge in [0, 0.05) is 55.7 Å². The Kier molecular flexibility index (Phi) is 8.24. The number of anilines is 2. The van der Waals surface area contributed by atoms with Crippen molar-refractivity contribution in [3.63, 3.8) is 0 Å². The highest BCUT2D eigenvalue weighted by molar-refractivity contribution is 5.69. The molecule has 4 atom stereocenters. The number of benzene rings is 3. The topological polar surface area (TPSA) is 62.2 Å². The fourth-order valence-electron chi connectivity index (χ4n) is 5.99. The van der Waals surface area contributed by atoms with Crippen LogP contribution < -0.4 is 19.3 Å². The predicted octanol–water partition coefficient (Wildman–Crippen LogP) is 6.36. The van der Waals surface area contributed by atoms with Crippen LogP contribution in [0.2, 0.25) is 0 Å². The number of nitrogens with zero attached hydrogens (tertiary/aromatic N) is 2. The second kappa shape index (κ2) is 12.0. The third-order valence-electron chi connectivity index (χ3n) is 7.95. The summed E-state index contributed by atoms with van der Waals surface area (Å²) in [5.74, 6) is 0.970. The summed E-state index contributed by atoms with van der Waals surface area (Å²) in [5.41, 5.74) is 2.84. The van der Waals surface area contributed by atoms with Gasteiger partial charge in [0.05, 0.1) is 18.7 Å². The number of ether oxygens (including phenoxy) is 2. The number of aliphatic carboxylic acids is 1. The lowest BCUT2D eigenvalue weighted by molar-refractivity contribution is -0.137. The minimum absolute atomic E-state index is 0.0271. The van der Waals surface area contributed by atoms with Crippen LogP contribution in [0, 0.1) is 11.7 Å². The van der Waals surface area contributed by atoms with Crippen LogP contribution in [-0.2, 0) is 4.79 Å². The molecule has 5 rings (SSSR count). The van der Waals surface area contributed by atoms with Crippen LogP contribution in [0.25, 0.3) is 0 Å². The Morgan fingerprint density at radius 1 is 1.03 bits per heavy atom. The molecule has 2 fully saturated rings. The fourth-order valence-corrected chi connectivity index (χ4v) is 5.99. The van der Waals surface area contributed by atoms with Crippen molar-refractivity contribution in [1.29, 1.82) is 0 Å². The molecule has 0 spiro atoms. The van der Waals surface area contributed by atoms with Gasteiger partial charge in [-0.25, -0.2) is 4.39 Å². The molecule has 3 aromatic carbocycles. The van der Waals surface area contributed by atoms with Crippen molar-refractivity contribution in [2.24, 2.45) is 5.92 Å². The van der Waals surface area contributed by atoms with E-state index in [0.29, 0.717) is 37.1 Å². The maximum absolute atomic E-state index is 14.6. The Morgan fingerprint density at radius 2 is 1.77 bits per heavy atom. The largest absolute Gasteiger partial charge is 0.494 e. The molecule has 39 heavy (non-hydrogen) atoms. The van der Waals surface area contributed by atoms with E-state index in [1.54, 1.807) is 12.1 Å². The van der Waals surface area contributed by atoms with Crippen molar-refractivity contribution in [2.45, 2.75) is 51.2 Å². The molecule has 6 nitrogen and oxygen atoms in total. The lowest BCUT2D eigenvalue weighted by Gasteiger charge is -2.38. The lowest BCUT2D eigenvalue weighted by atomic mass is 9.95. The summed E-state index contributed by atoms with van der Waals surface area (Å²) in [7, 11) is 0. The molecule has 206 valence electrons. The number of rotatable bonds is 9. The SMILES string of the molecule is CCOc1ccc(F)c(N2CC[C@@H](Oc3ccc(N4C[C@H](c5ccccc5)C[C@@H]4CC(=O)O)cc3)[C@H](C)C2)c1. The van der Waals surface area contributed by atoms with E-state index in [1.165, 1.54) is 11.6 Å². The molecule has 0 radical (unpaired) electrons. The summed E-state index contributed by atoms with van der Waals surface area (Å²) < 4.78 is 26.5. The smallest absolute Gasteiger partial charge is 0.305 e. The van der Waals surface area contributed by atoms with E-state index in [1.807, 2.05) is 49.4 Å². The summed E-state index contributed by atoms with van der Waals surface area (Å²) in [6.45, 7) is 6.79. The maximum Gasteiger partial charge on any atom is 0.305 e. The summed E-state index contributed by atoms with van der Waals surface area (Å²) in [6, 6.07) is 23.2. The van der Waals surface area contributed by atoms with E-state index in [0.717, 1.165) is 30.8 Å². The van der Waals surface area contributed by atoms with E-state index < -0.39 is 5.97 Å². The minimum Gasteiger partial charge on any atom is -0.494 e. The maximum atomic E-state index is 14.6. The van der Waals surface area contributed by atoms with Crippen LogP contribution >= 0.6 is 0 Å². The van der Waals surface area contributed by atoms with Crippen LogP contribution in [0.5, 0.6) is 11.5 Å². The van der Waals surface area contributed by atoms with Gasteiger partial charge in [-0.1, -0.05) is 37.3 Å². The van der Waals surface area contributed by atoms with Crippen molar-refractivity contribution in [2.75, 3.05) is 36.0 Å². The molecule has 2 heterocycles. The van der Waals surface area contributed by atoms with E-state index in [9.17, 15) is 14.3 Å². The Labute approximate surface area is 230 Å². The van der Waals surface area contributed by atoms with Gasteiger partial charge in [-0.2, -0.15) is 0 Å². The fraction of sp³-hybridized carbons (Fsp3) is 0.406. The Morgan fingerprint density at radius 3 is 2.46 bits per heavy atom. The van der Waals surface area contributed by atoms with Gasteiger partial charge in [0.15, 0.2) is 0 Å². The molecule has 0 unspecified atom stereocenters. The number of hydrogen-bond donors (Lipinski definition) is 1. The molecule has 2 aliphatic rings. The van der Waals surface area contributed by atoms with E-state index in [4.69, 9.17) is 9.47 Å². The number of carboxylic acids is 1. The average Bonchev–Trinajstić information content (AvgIpc) is 3.35. The summed E-state index contributed by atoms with van der Waals surface area (Å²) >= 11 is 0. The highest BCUT2D eigenvalue weighted by atomic mass is 19.1. The Hall–Kier alpha value is -3.74. The minimum atomic E-state index is -0.775. The van der Waals surface area contributed by atoms with E-state index >= 15 is 0 Å². The number of hydrogen-bond acceptors (Lipinski definition) is 5. The zero-order valence-electron chi connectivity index (χ0n) is 22.6. The van der Waals surface area contributed by atoms with Gasteiger partial charge < -0.3 is 24.4 Å². The van der Waals surface area contributed by atoms with Crippen molar-refractivity contribution in [3.8, 4) is 11.5 Å². The first kappa shape index (κ1) is 26.9. The number of halogens is 1. The molecule has 2 saturated heterocycles. The highest BCUT2D eigenvalue weighted by Gasteiger charge is 2.34. The van der Waals surface area contributed by atoms with Gasteiger partial charge in [-0.15, -0.1) is 0 Å². The molecule has 0 amide bonds. The Balaban J connectivity index is 1.23. The van der Waals surface area contributed by atoms with Gasteiger partial charge in [-0.3, -0.25) is 4.79 Å². The molecule has 0 saturated carbocycles. The number of piperidine rings is 1. The molecule has 3 aromatic rings. The molecule has 1 N–H and O–H groups in total. The van der Waals surface area contributed by atoms with Gasteiger partial charge in [-0.05, 0) is 55.3 Å². The molecular weight excluding hydrogens is 495 g/mol. The zero-order valence-corrected chi connectivity index (χ0v) is 22.6. The number of carbonyl (C=O) groups is 1. The third-order valence-corrected chi connectivity index (χ3v) is 7.95. The first-order valence-corrected chi connectivity index (χ1v) is 13.9. The number of carboxylic acid groups (broad SMARTS) is 1. The third kappa shape index (κ3) is 6.29. The van der Waals surface area contributed by atoms with Gasteiger partial charge in [0.2, 0.25) is 0 Å². The molecule has 0 aliphatic carbocycles. The van der Waals surface area contributed by atoms with Crippen LogP contribution in [-0.4, -0.2) is 49.5 Å². The first-order chi connectivity index (χ1) is 18.9. The monoisotopic (exact) mass is 532 g/mol. The van der Waals surface area contributed by atoms with Crippen LogP contribution in [0.1, 0.15) is 44.6 Å². The van der Waals surface area contributed by atoms with Crippen LogP contribution in [0.3, 0.4) is 0 Å².